The Kier molecular flexibility index (Phi) is 3.56. The third kappa shape index (κ3) is 3.41. The molecular formula is C12H17N3O2. The molecule has 5 nitrogen and oxygen atoms in total. The van der Waals surface area contributed by atoms with Gasteiger partial charge >= 0.3 is 5.97 Å². The van der Waals surface area contributed by atoms with Gasteiger partial charge in [0.1, 0.15) is 5.82 Å². The summed E-state index contributed by atoms with van der Waals surface area (Å²) in [7, 11) is 1.32. The van der Waals surface area contributed by atoms with E-state index in [2.05, 4.69) is 26.9 Å². The first-order valence-corrected chi connectivity index (χ1v) is 5.87. The molecule has 1 fully saturated rings. The summed E-state index contributed by atoms with van der Waals surface area (Å²) < 4.78 is 4.58. The molecule has 0 aliphatic heterocycles. The number of ether oxygens (including phenoxy) is 1. The van der Waals surface area contributed by atoms with E-state index in [1.54, 1.807) is 12.3 Å². The van der Waals surface area contributed by atoms with Gasteiger partial charge in [0.15, 0.2) is 0 Å². The van der Waals surface area contributed by atoms with Crippen molar-refractivity contribution in [3.63, 3.8) is 0 Å². The van der Waals surface area contributed by atoms with E-state index in [-0.39, 0.29) is 5.82 Å². The van der Waals surface area contributed by atoms with Gasteiger partial charge in [-0.1, -0.05) is 12.8 Å². The number of hydrogen-bond acceptors (Lipinski definition) is 5. The summed E-state index contributed by atoms with van der Waals surface area (Å²) >= 11 is 0. The van der Waals surface area contributed by atoms with Gasteiger partial charge in [-0.15, -0.1) is 0 Å². The standard InChI is InChI=1S/C12H17N3O2/c1-8(7-9-3-4-9)14-10-5-6-13-11(15-10)12(16)17-2/h5-6,8-9H,3-4,7H2,1-2H3,(H,13,14,15). The highest BCUT2D eigenvalue weighted by Crippen LogP contribution is 2.33. The van der Waals surface area contributed by atoms with E-state index in [4.69, 9.17) is 0 Å². The van der Waals surface area contributed by atoms with Crippen LogP contribution in [-0.4, -0.2) is 29.1 Å². The number of carbonyl (C=O) groups excluding carboxylic acids is 1. The van der Waals surface area contributed by atoms with Crippen molar-refractivity contribution in [2.45, 2.75) is 32.2 Å². The minimum atomic E-state index is -0.511. The van der Waals surface area contributed by atoms with Crippen molar-refractivity contribution < 1.29 is 9.53 Å². The first-order valence-electron chi connectivity index (χ1n) is 5.87. The summed E-state index contributed by atoms with van der Waals surface area (Å²) in [5, 5.41) is 3.27. The first-order chi connectivity index (χ1) is 8.19. The van der Waals surface area contributed by atoms with E-state index >= 15 is 0 Å². The van der Waals surface area contributed by atoms with E-state index in [0.29, 0.717) is 11.9 Å². The number of anilines is 1. The average molecular weight is 235 g/mol. The molecule has 17 heavy (non-hydrogen) atoms. The monoisotopic (exact) mass is 235 g/mol. The van der Waals surface area contributed by atoms with Crippen LogP contribution >= 0.6 is 0 Å². The normalized spacial score (nSPS) is 16.4. The van der Waals surface area contributed by atoms with Gasteiger partial charge in [-0.25, -0.2) is 14.8 Å². The molecule has 0 saturated heterocycles. The number of rotatable bonds is 5. The van der Waals surface area contributed by atoms with Crippen LogP contribution < -0.4 is 5.32 Å². The third-order valence-electron chi connectivity index (χ3n) is 2.80. The van der Waals surface area contributed by atoms with E-state index in [0.717, 1.165) is 12.3 Å². The Hall–Kier alpha value is -1.65. The molecule has 5 heteroatoms. The van der Waals surface area contributed by atoms with Crippen molar-refractivity contribution in [3.05, 3.63) is 18.1 Å². The maximum atomic E-state index is 11.3. The second kappa shape index (κ2) is 5.12. The van der Waals surface area contributed by atoms with Gasteiger partial charge in [0.25, 0.3) is 0 Å². The van der Waals surface area contributed by atoms with E-state index in [1.807, 2.05) is 0 Å². The van der Waals surface area contributed by atoms with Gasteiger partial charge in [-0.3, -0.25) is 0 Å². The zero-order valence-corrected chi connectivity index (χ0v) is 10.1. The average Bonchev–Trinajstić information content (AvgIpc) is 3.12. The minimum absolute atomic E-state index is 0.0936. The van der Waals surface area contributed by atoms with Gasteiger partial charge < -0.3 is 10.1 Å². The number of nitrogens with one attached hydrogen (secondary N) is 1. The fourth-order valence-electron chi connectivity index (χ4n) is 1.79. The molecule has 1 atom stereocenters. The van der Waals surface area contributed by atoms with Crippen molar-refractivity contribution in [2.75, 3.05) is 12.4 Å². The predicted octanol–water partition coefficient (Wildman–Crippen LogP) is 1.86. The van der Waals surface area contributed by atoms with Crippen molar-refractivity contribution >= 4 is 11.8 Å². The molecule has 1 aliphatic carbocycles. The van der Waals surface area contributed by atoms with Crippen molar-refractivity contribution in [1.82, 2.24) is 9.97 Å². The van der Waals surface area contributed by atoms with Crippen molar-refractivity contribution in [2.24, 2.45) is 5.92 Å². The second-order valence-electron chi connectivity index (χ2n) is 4.48. The van der Waals surface area contributed by atoms with Crippen LogP contribution in [0.25, 0.3) is 0 Å². The highest BCUT2D eigenvalue weighted by Gasteiger charge is 2.23. The smallest absolute Gasteiger partial charge is 0.376 e. The number of methoxy groups -OCH3 is 1. The van der Waals surface area contributed by atoms with E-state index in [9.17, 15) is 4.79 Å². The SMILES string of the molecule is COC(=O)c1nccc(NC(C)CC2CC2)n1. The molecule has 1 N–H and O–H groups in total. The van der Waals surface area contributed by atoms with E-state index < -0.39 is 5.97 Å². The van der Waals surface area contributed by atoms with Crippen molar-refractivity contribution in [3.8, 4) is 0 Å². The molecule has 1 saturated carbocycles. The molecule has 92 valence electrons. The lowest BCUT2D eigenvalue weighted by molar-refractivity contribution is 0.0587. The Morgan fingerprint density at radius 1 is 1.65 bits per heavy atom. The largest absolute Gasteiger partial charge is 0.463 e. The Balaban J connectivity index is 1.97. The molecule has 0 spiro atoms. The van der Waals surface area contributed by atoms with Crippen LogP contribution in [0.5, 0.6) is 0 Å². The Labute approximate surface area is 101 Å². The summed E-state index contributed by atoms with van der Waals surface area (Å²) in [4.78, 5) is 19.2. The molecule has 0 amide bonds. The summed E-state index contributed by atoms with van der Waals surface area (Å²) in [6.07, 6.45) is 5.38. The fraction of sp³-hybridized carbons (Fsp3) is 0.583. The minimum Gasteiger partial charge on any atom is -0.463 e. The Morgan fingerprint density at radius 2 is 2.41 bits per heavy atom. The zero-order valence-electron chi connectivity index (χ0n) is 10.1. The molecule has 0 radical (unpaired) electrons. The van der Waals surface area contributed by atoms with Crippen LogP contribution in [-0.2, 0) is 4.74 Å². The van der Waals surface area contributed by atoms with E-state index in [1.165, 1.54) is 20.0 Å². The maximum absolute atomic E-state index is 11.3. The fourth-order valence-corrected chi connectivity index (χ4v) is 1.79. The van der Waals surface area contributed by atoms with Gasteiger partial charge in [0.2, 0.25) is 5.82 Å². The molecule has 1 aromatic rings. The summed E-state index contributed by atoms with van der Waals surface area (Å²) in [5.41, 5.74) is 0. The van der Waals surface area contributed by atoms with Crippen LogP contribution in [0.15, 0.2) is 12.3 Å². The zero-order chi connectivity index (χ0) is 12.3. The molecule has 0 bridgehead atoms. The lowest BCUT2D eigenvalue weighted by atomic mass is 10.1. The summed E-state index contributed by atoms with van der Waals surface area (Å²) in [6, 6.07) is 2.12. The van der Waals surface area contributed by atoms with Crippen LogP contribution in [0, 0.1) is 5.92 Å². The van der Waals surface area contributed by atoms with Gasteiger partial charge in [0, 0.05) is 12.2 Å². The molecule has 1 aromatic heterocycles. The molecule has 1 aliphatic rings. The number of aromatic nitrogens is 2. The predicted molar refractivity (Wildman–Crippen MR) is 63.8 cm³/mol. The summed E-state index contributed by atoms with van der Waals surface area (Å²) in [6.45, 7) is 2.12. The van der Waals surface area contributed by atoms with Gasteiger partial charge in [-0.05, 0) is 25.3 Å². The lowest BCUT2D eigenvalue weighted by Crippen LogP contribution is -2.18. The molecule has 2 rings (SSSR count). The van der Waals surface area contributed by atoms with Crippen molar-refractivity contribution in [1.29, 1.82) is 0 Å². The highest BCUT2D eigenvalue weighted by molar-refractivity contribution is 5.85. The molecule has 1 unspecified atom stereocenters. The number of nitrogens with zero attached hydrogens (tertiary/aromatic N) is 2. The lowest BCUT2D eigenvalue weighted by Gasteiger charge is -2.13. The topological polar surface area (TPSA) is 64.1 Å². The van der Waals surface area contributed by atoms with Gasteiger partial charge in [-0.2, -0.15) is 0 Å². The molecule has 1 heterocycles. The number of hydrogen-bond donors (Lipinski definition) is 1. The van der Waals surface area contributed by atoms with Crippen LogP contribution in [0.1, 0.15) is 36.8 Å². The second-order valence-corrected chi connectivity index (χ2v) is 4.48. The van der Waals surface area contributed by atoms with Gasteiger partial charge in [0.05, 0.1) is 7.11 Å². The van der Waals surface area contributed by atoms with Crippen LogP contribution in [0.4, 0.5) is 5.82 Å². The van der Waals surface area contributed by atoms with Crippen LogP contribution in [0.3, 0.4) is 0 Å². The Bertz CT molecular complexity index is 404. The molecule has 0 aromatic carbocycles. The number of esters is 1. The quantitative estimate of drug-likeness (QED) is 0.789. The third-order valence-corrected chi connectivity index (χ3v) is 2.80. The summed E-state index contributed by atoms with van der Waals surface area (Å²) in [5.74, 6) is 1.12. The molecular weight excluding hydrogens is 218 g/mol. The Morgan fingerprint density at radius 3 is 3.06 bits per heavy atom. The van der Waals surface area contributed by atoms with Crippen LogP contribution in [0.2, 0.25) is 0 Å². The number of carbonyl (C=O) groups is 1. The first kappa shape index (κ1) is 11.8. The highest BCUT2D eigenvalue weighted by atomic mass is 16.5. The maximum Gasteiger partial charge on any atom is 0.376 e.